The average molecular weight is 1690 g/mol. The molecule has 0 unspecified atom stereocenters. The molecule has 0 bridgehead atoms. The molecule has 0 aliphatic carbocycles. The summed E-state index contributed by atoms with van der Waals surface area (Å²) in [5.41, 5.74) is 8.24. The number of fused-ring (bicyclic) bond motifs is 4. The van der Waals surface area contributed by atoms with Crippen LogP contribution < -0.4 is 37.9 Å². The lowest BCUT2D eigenvalue weighted by Gasteiger charge is -2.21. The van der Waals surface area contributed by atoms with Crippen LogP contribution in [0, 0.1) is 27.7 Å². The molecular formula is C81H111F9O20Si4. The summed E-state index contributed by atoms with van der Waals surface area (Å²) < 4.78 is 180. The number of esters is 4. The molecule has 4 aromatic rings. The fraction of sp³-hybridized carbons (Fsp3) is 0.556. The fourth-order valence-electron chi connectivity index (χ4n) is 12.4. The van der Waals surface area contributed by atoms with Crippen molar-refractivity contribution in [1.82, 2.24) is 0 Å². The number of aldehydes is 1. The SMILES string of the molecule is CC(=O)C(=O)C(F)(F)F.CC/C(=C/Cc1c(OC)c(C)c2c(c1OCC[Si](C)(C)C)C(=O)OC2)C(F)(F)F.CCCc1c(OC)c(C)c2c(c1OCC[Si](C)(C)C)C(=O)OC2.COc1c(C)c2c(c(OCC[Si](C)(C)C)c1C/C=C(/C(C)=O)C(F)(F)F)C(=O)OC2.COc1c(C)c2c(c(OCC[Si](C)(C)C)c1CC=O)C(=O)OC2. The first-order valence-electron chi connectivity index (χ1n) is 37.3. The van der Waals surface area contributed by atoms with Gasteiger partial charge in [0.1, 0.15) is 101 Å². The van der Waals surface area contributed by atoms with E-state index in [0.29, 0.717) is 124 Å². The van der Waals surface area contributed by atoms with Crippen LogP contribution in [-0.2, 0) is 90.2 Å². The van der Waals surface area contributed by atoms with E-state index in [0.717, 1.165) is 95.9 Å². The molecule has 20 nitrogen and oxygen atoms in total. The van der Waals surface area contributed by atoms with Crippen LogP contribution in [0.2, 0.25) is 103 Å². The molecule has 33 heteroatoms. The highest BCUT2D eigenvalue weighted by Gasteiger charge is 2.43. The summed E-state index contributed by atoms with van der Waals surface area (Å²) in [6.45, 7) is 41.8. The number of cyclic esters (lactones) is 4. The number of benzene rings is 4. The summed E-state index contributed by atoms with van der Waals surface area (Å²) >= 11 is 0. The number of carbonyl (C=O) groups excluding carboxylic acids is 8. The quantitative estimate of drug-likeness (QED) is 0.00664. The molecule has 0 fully saturated rings. The lowest BCUT2D eigenvalue weighted by Crippen LogP contribution is -2.28. The second-order valence-electron chi connectivity index (χ2n) is 32.4. The average Bonchev–Trinajstić information content (AvgIpc) is 1.56. The van der Waals surface area contributed by atoms with Gasteiger partial charge in [-0.3, -0.25) is 14.4 Å². The van der Waals surface area contributed by atoms with E-state index in [1.54, 1.807) is 28.1 Å². The lowest BCUT2D eigenvalue weighted by molar-refractivity contribution is -0.173. The predicted molar refractivity (Wildman–Crippen MR) is 424 cm³/mol. The zero-order valence-corrected chi connectivity index (χ0v) is 74.0. The topological polar surface area (TPSA) is 247 Å². The fourth-order valence-corrected chi connectivity index (χ4v) is 15.3. The summed E-state index contributed by atoms with van der Waals surface area (Å²) in [7, 11) is 0.791. The van der Waals surface area contributed by atoms with Crippen molar-refractivity contribution >= 4 is 79.8 Å². The second kappa shape index (κ2) is 40.9. The van der Waals surface area contributed by atoms with Crippen LogP contribution in [0.25, 0.3) is 0 Å². The van der Waals surface area contributed by atoms with E-state index in [1.807, 2.05) is 13.8 Å². The zero-order valence-electron chi connectivity index (χ0n) is 70.0. The first-order valence-corrected chi connectivity index (χ1v) is 52.1. The van der Waals surface area contributed by atoms with Gasteiger partial charge < -0.3 is 61.6 Å². The molecule has 0 radical (unpaired) electrons. The van der Waals surface area contributed by atoms with Gasteiger partial charge in [-0.1, -0.05) is 111 Å². The summed E-state index contributed by atoms with van der Waals surface area (Å²) in [6, 6.07) is 3.67. The Bertz CT molecular complexity index is 4260. The number of hydrogen-bond donors (Lipinski definition) is 0. The highest BCUT2D eigenvalue weighted by atomic mass is 28.3. The third-order valence-electron chi connectivity index (χ3n) is 18.8. The summed E-state index contributed by atoms with van der Waals surface area (Å²) in [5.74, 6) is -2.79. The Balaban J connectivity index is 0.000000310. The number of alkyl halides is 9. The van der Waals surface area contributed by atoms with Crippen molar-refractivity contribution in [3.63, 3.8) is 0 Å². The molecular weight excluding hydrogens is 1580 g/mol. The molecule has 0 amide bonds. The second-order valence-corrected chi connectivity index (χ2v) is 54.9. The van der Waals surface area contributed by atoms with E-state index >= 15 is 0 Å². The molecule has 0 N–H and O–H groups in total. The smallest absolute Gasteiger partial charge is 0.457 e. The summed E-state index contributed by atoms with van der Waals surface area (Å²) in [5, 5.41) is 0. The zero-order chi connectivity index (χ0) is 86.9. The van der Waals surface area contributed by atoms with Crippen molar-refractivity contribution < 1.29 is 135 Å². The van der Waals surface area contributed by atoms with Crippen molar-refractivity contribution in [2.24, 2.45) is 0 Å². The van der Waals surface area contributed by atoms with Crippen molar-refractivity contribution in [2.75, 3.05) is 54.9 Å². The lowest BCUT2D eigenvalue weighted by atomic mass is 9.94. The molecule has 0 saturated carbocycles. The Kier molecular flexibility index (Phi) is 35.1. The maximum atomic E-state index is 13.2. The van der Waals surface area contributed by atoms with Gasteiger partial charge in [-0.05, 0) is 107 Å². The number of rotatable bonds is 31. The number of ketones is 3. The number of allylic oxidation sites excluding steroid dienone is 4. The van der Waals surface area contributed by atoms with Gasteiger partial charge in [0.25, 0.3) is 0 Å². The van der Waals surface area contributed by atoms with Crippen LogP contribution >= 0.6 is 0 Å². The normalized spacial score (nSPS) is 13.9. The standard InChI is InChI=1S/C21H27F3O5Si.C21H29F3O4Si.C18H28O4Si.C17H24O5Si.C4H3F3O2/c1-12-15-11-29-20(26)17(15)19(28-9-10-30(4,5)6)14(18(12)27-3)7-8-16(13(2)25)21(22,23)24;1-7-14(21(22,23)24)8-9-15-18(26-3)13(2)16-12-28-20(25)17(16)19(15)27-10-11-29(4,5)6;1-7-8-13-16(20-3)12(2)14-11-22-18(19)15(14)17(13)21-9-10-23(4,5)6;1-11-13-10-22-17(19)14(13)16(21-8-9-23(3,4)5)12(6-7-18)15(11)20-2;1-2(8)3(9)4(5,6)7/h8H,7,9-11H2,1-6H3;8H,7,9-12H2,1-6H3;7-11H2,1-6H3;7H,6,8-10H2,1-5H3;1H3/b16-8-;14-8-;;;. The molecule has 0 atom stereocenters. The van der Waals surface area contributed by atoms with Crippen molar-refractivity contribution in [3.05, 3.63) is 112 Å². The maximum absolute atomic E-state index is 13.2. The van der Waals surface area contributed by atoms with Crippen LogP contribution in [0.4, 0.5) is 39.5 Å². The first-order chi connectivity index (χ1) is 52.6. The minimum Gasteiger partial charge on any atom is -0.496 e. The molecule has 4 heterocycles. The molecule has 4 aromatic carbocycles. The van der Waals surface area contributed by atoms with Gasteiger partial charge in [0.2, 0.25) is 5.78 Å². The number of hydrogen-bond acceptors (Lipinski definition) is 20. The van der Waals surface area contributed by atoms with Gasteiger partial charge in [0.05, 0.1) is 60.4 Å². The minimum absolute atomic E-state index is 0.0461. The molecule has 634 valence electrons. The van der Waals surface area contributed by atoms with Gasteiger partial charge >= 0.3 is 48.2 Å². The molecule has 4 aliphatic rings. The largest absolute Gasteiger partial charge is 0.496 e. The van der Waals surface area contributed by atoms with Gasteiger partial charge in [0, 0.05) is 95.7 Å². The Labute approximate surface area is 666 Å². The molecule has 8 rings (SSSR count). The van der Waals surface area contributed by atoms with Crippen molar-refractivity contribution in [2.45, 2.75) is 242 Å². The highest BCUT2D eigenvalue weighted by Crippen LogP contribution is 2.48. The Morgan fingerprint density at radius 3 is 0.877 bits per heavy atom. The van der Waals surface area contributed by atoms with E-state index in [2.05, 4.69) is 85.5 Å². The van der Waals surface area contributed by atoms with Crippen LogP contribution in [0.5, 0.6) is 46.0 Å². The number of ether oxygens (including phenoxy) is 12. The van der Waals surface area contributed by atoms with Crippen LogP contribution in [0.15, 0.2) is 23.3 Å². The highest BCUT2D eigenvalue weighted by molar-refractivity contribution is 6.77. The van der Waals surface area contributed by atoms with E-state index in [-0.39, 0.29) is 74.5 Å². The minimum atomic E-state index is -5.01. The number of carbonyl (C=O) groups is 8. The molecule has 0 aromatic heterocycles. The molecule has 114 heavy (non-hydrogen) atoms. The van der Waals surface area contributed by atoms with E-state index in [9.17, 15) is 77.9 Å². The Hall–Kier alpha value is -8.44. The third-order valence-corrected chi connectivity index (χ3v) is 25.6. The van der Waals surface area contributed by atoms with E-state index in [4.69, 9.17) is 56.8 Å². The van der Waals surface area contributed by atoms with Gasteiger partial charge in [0.15, 0.2) is 5.78 Å². The summed E-state index contributed by atoms with van der Waals surface area (Å²) in [4.78, 5) is 91.1. The predicted octanol–water partition coefficient (Wildman–Crippen LogP) is 19.0. The van der Waals surface area contributed by atoms with E-state index in [1.165, 1.54) is 21.1 Å². The number of methoxy groups -OCH3 is 4. The van der Waals surface area contributed by atoms with Crippen molar-refractivity contribution in [1.29, 1.82) is 0 Å². The molecule has 0 saturated heterocycles. The maximum Gasteiger partial charge on any atom is 0.457 e. The monoisotopic (exact) mass is 1690 g/mol. The molecule has 4 aliphatic heterocycles. The van der Waals surface area contributed by atoms with Gasteiger partial charge in [-0.25, -0.2) is 19.2 Å². The number of halogens is 9. The third kappa shape index (κ3) is 26.3. The van der Waals surface area contributed by atoms with Gasteiger partial charge in [-0.15, -0.1) is 0 Å². The number of Topliss-reactive ketones (excluding diaryl/α,β-unsaturated/α-hetero) is 3. The van der Waals surface area contributed by atoms with Crippen LogP contribution in [0.1, 0.15) is 149 Å². The summed E-state index contributed by atoms with van der Waals surface area (Å²) in [6.07, 6.45) is -9.93. The van der Waals surface area contributed by atoms with Crippen molar-refractivity contribution in [3.8, 4) is 46.0 Å². The molecule has 0 spiro atoms. The van der Waals surface area contributed by atoms with Crippen LogP contribution in [0.3, 0.4) is 0 Å². The Morgan fingerprint density at radius 1 is 0.395 bits per heavy atom. The Morgan fingerprint density at radius 2 is 0.667 bits per heavy atom. The first kappa shape index (κ1) is 97.9. The van der Waals surface area contributed by atoms with Crippen LogP contribution in [-0.4, -0.2) is 153 Å². The van der Waals surface area contributed by atoms with Gasteiger partial charge in [-0.2, -0.15) is 39.5 Å². The van der Waals surface area contributed by atoms with E-state index < -0.39 is 91.3 Å².